The molecule has 0 aliphatic heterocycles. The summed E-state index contributed by atoms with van der Waals surface area (Å²) >= 11 is 0. The van der Waals surface area contributed by atoms with Gasteiger partial charge in [0, 0.05) is 26.1 Å². The summed E-state index contributed by atoms with van der Waals surface area (Å²) in [7, 11) is 1.74. The van der Waals surface area contributed by atoms with Gasteiger partial charge in [0.2, 0.25) is 0 Å². The van der Waals surface area contributed by atoms with Crippen molar-refractivity contribution in [2.75, 3.05) is 13.7 Å². The molecule has 1 aliphatic rings. The quantitative estimate of drug-likeness (QED) is 0.700. The minimum absolute atomic E-state index is 0.305. The average molecular weight is 212 g/mol. The zero-order valence-corrected chi connectivity index (χ0v) is 10.3. The number of carbonyl (C=O) groups excluding carboxylic acids is 1. The van der Waals surface area contributed by atoms with E-state index >= 15 is 0 Å². The van der Waals surface area contributed by atoms with Crippen molar-refractivity contribution in [2.24, 2.45) is 17.8 Å². The van der Waals surface area contributed by atoms with Gasteiger partial charge in [-0.1, -0.05) is 26.7 Å². The van der Waals surface area contributed by atoms with Crippen molar-refractivity contribution in [1.29, 1.82) is 0 Å². The van der Waals surface area contributed by atoms with Crippen LogP contribution in [-0.2, 0) is 9.53 Å². The summed E-state index contributed by atoms with van der Waals surface area (Å²) in [5.41, 5.74) is 0. The fourth-order valence-electron chi connectivity index (χ4n) is 2.93. The molecule has 0 heterocycles. The van der Waals surface area contributed by atoms with E-state index in [-0.39, 0.29) is 0 Å². The van der Waals surface area contributed by atoms with Crippen molar-refractivity contribution in [3.05, 3.63) is 0 Å². The first-order valence-corrected chi connectivity index (χ1v) is 6.22. The Kier molecular flexibility index (Phi) is 5.30. The number of carbonyl (C=O) groups is 1. The van der Waals surface area contributed by atoms with Crippen LogP contribution >= 0.6 is 0 Å². The minimum atomic E-state index is 0.305. The summed E-state index contributed by atoms with van der Waals surface area (Å²) in [6.07, 6.45) is 5.46. The number of ether oxygens (including phenoxy) is 1. The predicted octanol–water partition coefficient (Wildman–Crippen LogP) is 3.05. The molecule has 88 valence electrons. The van der Waals surface area contributed by atoms with Gasteiger partial charge in [0.15, 0.2) is 0 Å². The number of ketones is 1. The molecule has 0 aromatic rings. The first-order valence-electron chi connectivity index (χ1n) is 6.22. The minimum Gasteiger partial charge on any atom is -0.385 e. The number of methoxy groups -OCH3 is 1. The smallest absolute Gasteiger partial charge is 0.136 e. The van der Waals surface area contributed by atoms with Gasteiger partial charge in [-0.05, 0) is 24.7 Å². The number of Topliss-reactive ketones (excluding diaryl/α,β-unsaturated/α-hetero) is 1. The highest BCUT2D eigenvalue weighted by atomic mass is 16.5. The summed E-state index contributed by atoms with van der Waals surface area (Å²) in [4.78, 5) is 11.9. The molecule has 0 aromatic heterocycles. The van der Waals surface area contributed by atoms with Crippen LogP contribution in [0.3, 0.4) is 0 Å². The first kappa shape index (κ1) is 12.7. The van der Waals surface area contributed by atoms with Gasteiger partial charge in [-0.25, -0.2) is 0 Å². The molecule has 1 saturated carbocycles. The van der Waals surface area contributed by atoms with Crippen molar-refractivity contribution in [3.63, 3.8) is 0 Å². The lowest BCUT2D eigenvalue weighted by molar-refractivity contribution is -0.127. The van der Waals surface area contributed by atoms with Crippen molar-refractivity contribution in [1.82, 2.24) is 0 Å². The van der Waals surface area contributed by atoms with Gasteiger partial charge in [0.1, 0.15) is 5.78 Å². The summed E-state index contributed by atoms with van der Waals surface area (Å²) in [6, 6.07) is 0. The van der Waals surface area contributed by atoms with Crippen molar-refractivity contribution in [3.8, 4) is 0 Å². The second-order valence-electron chi connectivity index (χ2n) is 4.80. The molecule has 1 rings (SSSR count). The Hall–Kier alpha value is -0.370. The van der Waals surface area contributed by atoms with Gasteiger partial charge in [-0.2, -0.15) is 0 Å². The second kappa shape index (κ2) is 6.26. The number of hydrogen-bond acceptors (Lipinski definition) is 2. The fourth-order valence-corrected chi connectivity index (χ4v) is 2.93. The summed E-state index contributed by atoms with van der Waals surface area (Å²) in [6.45, 7) is 5.01. The lowest BCUT2D eigenvalue weighted by Gasteiger charge is -2.35. The summed E-state index contributed by atoms with van der Waals surface area (Å²) in [5.74, 6) is 1.91. The standard InChI is InChI=1S/C13H24O2/c1-4-12(14)13-10(2)6-5-7-11(13)8-9-15-3/h10-11,13H,4-9H2,1-3H3. The van der Waals surface area contributed by atoms with Crippen LogP contribution in [0, 0.1) is 17.8 Å². The van der Waals surface area contributed by atoms with E-state index in [1.54, 1.807) is 7.11 Å². The Morgan fingerprint density at radius 3 is 2.73 bits per heavy atom. The Balaban J connectivity index is 2.59. The maximum absolute atomic E-state index is 11.9. The van der Waals surface area contributed by atoms with Crippen molar-refractivity contribution in [2.45, 2.75) is 46.0 Å². The molecule has 2 nitrogen and oxygen atoms in total. The molecular weight excluding hydrogens is 188 g/mol. The lowest BCUT2D eigenvalue weighted by Crippen LogP contribution is -2.33. The monoisotopic (exact) mass is 212 g/mol. The molecule has 0 aromatic carbocycles. The normalized spacial score (nSPS) is 31.5. The fraction of sp³-hybridized carbons (Fsp3) is 0.923. The van der Waals surface area contributed by atoms with Crippen LogP contribution < -0.4 is 0 Å². The van der Waals surface area contributed by atoms with E-state index in [9.17, 15) is 4.79 Å². The summed E-state index contributed by atoms with van der Waals surface area (Å²) in [5, 5.41) is 0. The van der Waals surface area contributed by atoms with E-state index in [0.717, 1.165) is 13.0 Å². The van der Waals surface area contributed by atoms with E-state index in [1.165, 1.54) is 19.3 Å². The van der Waals surface area contributed by atoms with Crippen LogP contribution in [0.4, 0.5) is 0 Å². The largest absolute Gasteiger partial charge is 0.385 e. The Labute approximate surface area is 93.4 Å². The molecule has 0 saturated heterocycles. The Morgan fingerprint density at radius 2 is 2.13 bits per heavy atom. The average Bonchev–Trinajstić information content (AvgIpc) is 2.25. The van der Waals surface area contributed by atoms with E-state index < -0.39 is 0 Å². The van der Waals surface area contributed by atoms with Crippen LogP contribution in [0.2, 0.25) is 0 Å². The van der Waals surface area contributed by atoms with E-state index in [1.807, 2.05) is 6.92 Å². The predicted molar refractivity (Wildman–Crippen MR) is 61.8 cm³/mol. The van der Waals surface area contributed by atoms with Crippen LogP contribution in [0.15, 0.2) is 0 Å². The zero-order chi connectivity index (χ0) is 11.3. The molecule has 0 spiro atoms. The van der Waals surface area contributed by atoms with Crippen LogP contribution in [0.5, 0.6) is 0 Å². The van der Waals surface area contributed by atoms with Gasteiger partial charge in [-0.15, -0.1) is 0 Å². The highest BCUT2D eigenvalue weighted by Gasteiger charge is 2.34. The van der Waals surface area contributed by atoms with Gasteiger partial charge >= 0.3 is 0 Å². The van der Waals surface area contributed by atoms with Gasteiger partial charge in [0.05, 0.1) is 0 Å². The topological polar surface area (TPSA) is 26.3 Å². The number of rotatable bonds is 5. The molecule has 15 heavy (non-hydrogen) atoms. The molecule has 3 atom stereocenters. The lowest BCUT2D eigenvalue weighted by atomic mass is 9.69. The third kappa shape index (κ3) is 3.30. The van der Waals surface area contributed by atoms with Crippen LogP contribution in [0.25, 0.3) is 0 Å². The molecule has 0 amide bonds. The maximum Gasteiger partial charge on any atom is 0.136 e. The van der Waals surface area contributed by atoms with Gasteiger partial charge < -0.3 is 4.74 Å². The molecule has 2 heteroatoms. The van der Waals surface area contributed by atoms with Crippen LogP contribution in [-0.4, -0.2) is 19.5 Å². The highest BCUT2D eigenvalue weighted by molar-refractivity contribution is 5.81. The molecule has 0 bridgehead atoms. The van der Waals surface area contributed by atoms with Gasteiger partial charge in [0.25, 0.3) is 0 Å². The van der Waals surface area contributed by atoms with E-state index in [0.29, 0.717) is 30.0 Å². The second-order valence-corrected chi connectivity index (χ2v) is 4.80. The molecule has 3 unspecified atom stereocenters. The van der Waals surface area contributed by atoms with E-state index in [4.69, 9.17) is 4.74 Å². The van der Waals surface area contributed by atoms with Crippen LogP contribution in [0.1, 0.15) is 46.0 Å². The van der Waals surface area contributed by atoms with Crippen molar-refractivity contribution < 1.29 is 9.53 Å². The van der Waals surface area contributed by atoms with E-state index in [2.05, 4.69) is 6.92 Å². The molecule has 0 N–H and O–H groups in total. The molecule has 0 radical (unpaired) electrons. The Morgan fingerprint density at radius 1 is 1.40 bits per heavy atom. The third-order valence-electron chi connectivity index (χ3n) is 3.77. The molecular formula is C13H24O2. The zero-order valence-electron chi connectivity index (χ0n) is 10.3. The summed E-state index contributed by atoms with van der Waals surface area (Å²) < 4.78 is 5.13. The maximum atomic E-state index is 11.9. The number of hydrogen-bond donors (Lipinski definition) is 0. The highest BCUT2D eigenvalue weighted by Crippen LogP contribution is 2.37. The first-order chi connectivity index (χ1) is 7.20. The van der Waals surface area contributed by atoms with Crippen molar-refractivity contribution >= 4 is 5.78 Å². The molecule has 1 aliphatic carbocycles. The van der Waals surface area contributed by atoms with Gasteiger partial charge in [-0.3, -0.25) is 4.79 Å². The molecule has 1 fully saturated rings. The SMILES string of the molecule is CCC(=O)C1C(C)CCCC1CCOC. The third-order valence-corrected chi connectivity index (χ3v) is 3.77. The Bertz CT molecular complexity index is 201.